The summed E-state index contributed by atoms with van der Waals surface area (Å²) in [7, 11) is -2.89. The van der Waals surface area contributed by atoms with Crippen LogP contribution in [0.1, 0.15) is 18.9 Å². The van der Waals surface area contributed by atoms with Gasteiger partial charge in [0, 0.05) is 11.1 Å². The molecule has 2 N–H and O–H groups in total. The van der Waals surface area contributed by atoms with Crippen molar-refractivity contribution in [2.45, 2.75) is 24.7 Å². The lowest BCUT2D eigenvalue weighted by Gasteiger charge is -2.17. The van der Waals surface area contributed by atoms with Gasteiger partial charge in [-0.15, -0.1) is 10.2 Å². The summed E-state index contributed by atoms with van der Waals surface area (Å²) in [4.78, 5) is -0.213. The number of benzene rings is 3. The second kappa shape index (κ2) is 9.78. The predicted molar refractivity (Wildman–Crippen MR) is 128 cm³/mol. The molecule has 4 rings (SSSR count). The number of H-pyrrole nitrogens is 1. The molecule has 0 aliphatic heterocycles. The standard InChI is InChI=1S/C23H21ClFN5O3S/c1-3-7-15-11-19(25)17(14-8-5-4-6-9-14)13-20(15)28-34(31,32)21-12-16(23-26-29-30-27-23)10-18(24)22(21)33-2/h4-6,8-13,28H,3,7H2,1-2H3,(H,26,27,29,30). The number of halogens is 2. The minimum absolute atomic E-state index is 0.0381. The van der Waals surface area contributed by atoms with E-state index in [2.05, 4.69) is 25.3 Å². The summed E-state index contributed by atoms with van der Waals surface area (Å²) in [5.41, 5.74) is 2.04. The van der Waals surface area contributed by atoms with Gasteiger partial charge < -0.3 is 4.74 Å². The summed E-state index contributed by atoms with van der Waals surface area (Å²) >= 11 is 6.31. The van der Waals surface area contributed by atoms with Crippen molar-refractivity contribution >= 4 is 27.3 Å². The van der Waals surface area contributed by atoms with Crippen LogP contribution in [0.25, 0.3) is 22.5 Å². The number of nitrogens with zero attached hydrogens (tertiary/aromatic N) is 3. The highest BCUT2D eigenvalue weighted by molar-refractivity contribution is 7.92. The zero-order valence-electron chi connectivity index (χ0n) is 18.3. The molecule has 0 saturated heterocycles. The number of nitrogens with one attached hydrogen (secondary N) is 2. The van der Waals surface area contributed by atoms with Crippen LogP contribution in [0, 0.1) is 5.82 Å². The van der Waals surface area contributed by atoms with Gasteiger partial charge in [0.05, 0.1) is 17.8 Å². The highest BCUT2D eigenvalue weighted by atomic mass is 35.5. The Bertz CT molecular complexity index is 1410. The first-order valence-electron chi connectivity index (χ1n) is 10.4. The van der Waals surface area contributed by atoms with Crippen LogP contribution in [0.5, 0.6) is 5.75 Å². The number of aromatic amines is 1. The molecule has 176 valence electrons. The van der Waals surface area contributed by atoms with E-state index in [0.29, 0.717) is 29.5 Å². The van der Waals surface area contributed by atoms with Crippen LogP contribution in [0.4, 0.5) is 10.1 Å². The maximum Gasteiger partial charge on any atom is 0.265 e. The van der Waals surface area contributed by atoms with E-state index in [0.717, 1.165) is 0 Å². The van der Waals surface area contributed by atoms with E-state index in [1.165, 1.54) is 31.4 Å². The van der Waals surface area contributed by atoms with E-state index in [1.807, 2.05) is 13.0 Å². The average molecular weight is 502 g/mol. The molecule has 0 spiro atoms. The molecule has 3 aromatic carbocycles. The molecule has 11 heteroatoms. The Morgan fingerprint density at radius 1 is 1.12 bits per heavy atom. The summed E-state index contributed by atoms with van der Waals surface area (Å²) in [5, 5.41) is 13.6. The monoisotopic (exact) mass is 501 g/mol. The topological polar surface area (TPSA) is 110 Å². The molecule has 34 heavy (non-hydrogen) atoms. The van der Waals surface area contributed by atoms with Crippen molar-refractivity contribution in [3.8, 4) is 28.3 Å². The van der Waals surface area contributed by atoms with E-state index in [1.54, 1.807) is 24.3 Å². The molecule has 0 saturated carbocycles. The molecule has 1 heterocycles. The average Bonchev–Trinajstić information content (AvgIpc) is 3.36. The molecule has 0 unspecified atom stereocenters. The maximum absolute atomic E-state index is 14.9. The number of ether oxygens (including phenoxy) is 1. The third-order valence-corrected chi connectivity index (χ3v) is 6.80. The Morgan fingerprint density at radius 3 is 2.53 bits per heavy atom. The molecule has 0 fully saturated rings. The highest BCUT2D eigenvalue weighted by Gasteiger charge is 2.26. The van der Waals surface area contributed by atoms with Crippen molar-refractivity contribution in [1.29, 1.82) is 0 Å². The number of methoxy groups -OCH3 is 1. The van der Waals surface area contributed by atoms with E-state index >= 15 is 0 Å². The van der Waals surface area contributed by atoms with Gasteiger partial charge in [0.2, 0.25) is 5.82 Å². The minimum atomic E-state index is -4.21. The number of anilines is 1. The van der Waals surface area contributed by atoms with Gasteiger partial charge in [0.15, 0.2) is 5.75 Å². The van der Waals surface area contributed by atoms with E-state index in [-0.39, 0.29) is 32.7 Å². The van der Waals surface area contributed by atoms with Crippen LogP contribution in [-0.4, -0.2) is 36.2 Å². The molecule has 0 bridgehead atoms. The maximum atomic E-state index is 14.9. The number of rotatable bonds is 8. The first kappa shape index (κ1) is 23.7. The van der Waals surface area contributed by atoms with Gasteiger partial charge in [0.25, 0.3) is 10.0 Å². The van der Waals surface area contributed by atoms with E-state index < -0.39 is 15.8 Å². The van der Waals surface area contributed by atoms with Crippen molar-refractivity contribution < 1.29 is 17.5 Å². The smallest absolute Gasteiger partial charge is 0.265 e. The molecule has 8 nitrogen and oxygen atoms in total. The molecular formula is C23H21ClFN5O3S. The van der Waals surface area contributed by atoms with Crippen LogP contribution >= 0.6 is 11.6 Å². The minimum Gasteiger partial charge on any atom is -0.494 e. The van der Waals surface area contributed by atoms with Crippen LogP contribution in [0.2, 0.25) is 5.02 Å². The Labute approximate surface area is 201 Å². The summed E-state index contributed by atoms with van der Waals surface area (Å²) < 4.78 is 49.9. The fourth-order valence-electron chi connectivity index (χ4n) is 3.60. The van der Waals surface area contributed by atoms with Gasteiger partial charge in [-0.25, -0.2) is 12.8 Å². The lowest BCUT2D eigenvalue weighted by Crippen LogP contribution is -2.16. The second-order valence-corrected chi connectivity index (χ2v) is 9.49. The Kier molecular flexibility index (Phi) is 6.80. The Morgan fingerprint density at radius 2 is 1.88 bits per heavy atom. The van der Waals surface area contributed by atoms with Gasteiger partial charge in [-0.2, -0.15) is 5.21 Å². The van der Waals surface area contributed by atoms with Gasteiger partial charge in [-0.1, -0.05) is 55.3 Å². The van der Waals surface area contributed by atoms with Crippen molar-refractivity contribution in [2.24, 2.45) is 0 Å². The number of aryl methyl sites for hydroxylation is 1. The van der Waals surface area contributed by atoms with Crippen molar-refractivity contribution in [3.05, 3.63) is 71.0 Å². The zero-order valence-corrected chi connectivity index (χ0v) is 19.9. The molecule has 0 atom stereocenters. The Balaban J connectivity index is 1.83. The number of tetrazole rings is 1. The molecule has 0 aliphatic carbocycles. The normalized spacial score (nSPS) is 11.4. The largest absolute Gasteiger partial charge is 0.494 e. The van der Waals surface area contributed by atoms with Gasteiger partial charge in [0.1, 0.15) is 10.7 Å². The molecule has 0 radical (unpaired) electrons. The van der Waals surface area contributed by atoms with Crippen molar-refractivity contribution in [1.82, 2.24) is 20.6 Å². The van der Waals surface area contributed by atoms with Crippen LogP contribution in [0.3, 0.4) is 0 Å². The van der Waals surface area contributed by atoms with Gasteiger partial charge in [-0.3, -0.25) is 4.72 Å². The number of hydrogen-bond acceptors (Lipinski definition) is 6. The number of hydrogen-bond donors (Lipinski definition) is 2. The summed E-state index contributed by atoms with van der Waals surface area (Å²) in [6.07, 6.45) is 1.17. The van der Waals surface area contributed by atoms with Crippen LogP contribution < -0.4 is 9.46 Å². The first-order chi connectivity index (χ1) is 16.3. The summed E-state index contributed by atoms with van der Waals surface area (Å²) in [6.45, 7) is 1.93. The molecular weight excluding hydrogens is 481 g/mol. The highest BCUT2D eigenvalue weighted by Crippen LogP contribution is 2.38. The molecule has 4 aromatic rings. The zero-order chi connectivity index (χ0) is 24.3. The fraction of sp³-hybridized carbons (Fsp3) is 0.174. The lowest BCUT2D eigenvalue weighted by atomic mass is 10.00. The second-order valence-electron chi connectivity index (χ2n) is 7.44. The van der Waals surface area contributed by atoms with E-state index in [9.17, 15) is 12.8 Å². The third kappa shape index (κ3) is 4.73. The van der Waals surface area contributed by atoms with Crippen LogP contribution in [0.15, 0.2) is 59.5 Å². The number of aromatic nitrogens is 4. The molecule has 1 aromatic heterocycles. The first-order valence-corrected chi connectivity index (χ1v) is 12.2. The van der Waals surface area contributed by atoms with E-state index in [4.69, 9.17) is 16.3 Å². The van der Waals surface area contributed by atoms with Gasteiger partial charge in [-0.05, 0) is 47.0 Å². The third-order valence-electron chi connectivity index (χ3n) is 5.15. The fourth-order valence-corrected chi connectivity index (χ4v) is 5.26. The summed E-state index contributed by atoms with van der Waals surface area (Å²) in [5.74, 6) is -0.304. The van der Waals surface area contributed by atoms with Gasteiger partial charge >= 0.3 is 0 Å². The quantitative estimate of drug-likeness (QED) is 0.348. The molecule has 0 amide bonds. The van der Waals surface area contributed by atoms with Crippen molar-refractivity contribution in [3.63, 3.8) is 0 Å². The van der Waals surface area contributed by atoms with Crippen LogP contribution in [-0.2, 0) is 16.4 Å². The predicted octanol–water partition coefficient (Wildman–Crippen LogP) is 5.09. The molecule has 0 aliphatic rings. The Hall–Kier alpha value is -3.50. The lowest BCUT2D eigenvalue weighted by molar-refractivity contribution is 0.403. The number of sulfonamides is 1. The SMILES string of the molecule is CCCc1cc(F)c(-c2ccccc2)cc1NS(=O)(=O)c1cc(-c2nn[nH]n2)cc(Cl)c1OC. The van der Waals surface area contributed by atoms with Crippen molar-refractivity contribution in [2.75, 3.05) is 11.8 Å². The summed E-state index contributed by atoms with van der Waals surface area (Å²) in [6, 6.07) is 14.6.